The van der Waals surface area contributed by atoms with Crippen molar-refractivity contribution >= 4 is 11.7 Å². The number of fused-ring (bicyclic) bond motifs is 1. The lowest BCUT2D eigenvalue weighted by molar-refractivity contribution is -0.134. The van der Waals surface area contributed by atoms with Crippen molar-refractivity contribution < 1.29 is 14.6 Å². The molecule has 5 nitrogen and oxygen atoms in total. The van der Waals surface area contributed by atoms with Crippen molar-refractivity contribution in [2.24, 2.45) is 5.92 Å². The number of carbonyl (C=O) groups excluding carboxylic acids is 1. The lowest BCUT2D eigenvalue weighted by Crippen LogP contribution is -2.54. The van der Waals surface area contributed by atoms with Crippen LogP contribution < -0.4 is 9.64 Å². The molecule has 1 aromatic heterocycles. The van der Waals surface area contributed by atoms with E-state index < -0.39 is 5.60 Å². The van der Waals surface area contributed by atoms with Crippen LogP contribution in [-0.4, -0.2) is 28.1 Å². The molecule has 1 fully saturated rings. The second-order valence-corrected chi connectivity index (χ2v) is 10.4. The molecule has 178 valence electrons. The monoisotopic (exact) mass is 450 g/mol. The number of benzene rings is 1. The third-order valence-electron chi connectivity index (χ3n) is 7.74. The van der Waals surface area contributed by atoms with Crippen molar-refractivity contribution in [3.63, 3.8) is 0 Å². The van der Waals surface area contributed by atoms with Crippen LogP contribution in [0.4, 0.5) is 5.82 Å². The highest BCUT2D eigenvalue weighted by Crippen LogP contribution is 2.44. The Morgan fingerprint density at radius 2 is 1.79 bits per heavy atom. The van der Waals surface area contributed by atoms with E-state index in [4.69, 9.17) is 9.72 Å². The highest BCUT2D eigenvalue weighted by molar-refractivity contribution is 5.99. The lowest BCUT2D eigenvalue weighted by atomic mass is 9.85. The van der Waals surface area contributed by atoms with Crippen LogP contribution in [0.1, 0.15) is 79.0 Å². The zero-order valence-electron chi connectivity index (χ0n) is 21.0. The fourth-order valence-corrected chi connectivity index (χ4v) is 5.55. The zero-order valence-corrected chi connectivity index (χ0v) is 21.0. The summed E-state index contributed by atoms with van der Waals surface area (Å²) in [5, 5.41) is 10.5. The van der Waals surface area contributed by atoms with Crippen LogP contribution in [0.5, 0.6) is 11.5 Å². The molecule has 2 aliphatic rings. The summed E-state index contributed by atoms with van der Waals surface area (Å²) in [6, 6.07) is 4.06. The third-order valence-corrected chi connectivity index (χ3v) is 7.74. The Bertz CT molecular complexity index is 1050. The summed E-state index contributed by atoms with van der Waals surface area (Å²) in [7, 11) is 0. The van der Waals surface area contributed by atoms with E-state index in [0.29, 0.717) is 31.1 Å². The molecule has 1 aromatic carbocycles. The van der Waals surface area contributed by atoms with Gasteiger partial charge in [-0.15, -0.1) is 0 Å². The van der Waals surface area contributed by atoms with Gasteiger partial charge in [-0.2, -0.15) is 0 Å². The fraction of sp³-hybridized carbons (Fsp3) is 0.571. The first kappa shape index (κ1) is 23.6. The van der Waals surface area contributed by atoms with Gasteiger partial charge in [0.1, 0.15) is 17.3 Å². The predicted octanol–water partition coefficient (Wildman–Crippen LogP) is 6.03. The van der Waals surface area contributed by atoms with Gasteiger partial charge in [0.15, 0.2) is 5.60 Å². The molecule has 1 aliphatic carbocycles. The van der Waals surface area contributed by atoms with Crippen molar-refractivity contribution in [2.75, 3.05) is 11.4 Å². The second kappa shape index (κ2) is 9.00. The van der Waals surface area contributed by atoms with Crippen LogP contribution in [-0.2, 0) is 11.2 Å². The smallest absolute Gasteiger partial charge is 0.272 e. The molecule has 0 radical (unpaired) electrons. The van der Waals surface area contributed by atoms with Crippen LogP contribution in [0.25, 0.3) is 0 Å². The minimum atomic E-state index is -0.971. The number of hydrogen-bond donors (Lipinski definition) is 1. The number of rotatable bonds is 4. The SMILES string of the molecule is Cc1cc(C)nc(N(CC2CCCCC2)C(=O)C2(C)CCc3c(C)c(O)c(C)c(C)c3O2)c1. The number of aromatic hydroxyl groups is 1. The Hall–Kier alpha value is -2.56. The predicted molar refractivity (Wildman–Crippen MR) is 132 cm³/mol. The first-order valence-corrected chi connectivity index (χ1v) is 12.4. The molecule has 5 heteroatoms. The molecule has 0 spiro atoms. The van der Waals surface area contributed by atoms with E-state index in [-0.39, 0.29) is 5.91 Å². The average Bonchev–Trinajstić information content (AvgIpc) is 2.79. The molecule has 2 aromatic rings. The normalized spacial score (nSPS) is 20.8. The number of amides is 1. The van der Waals surface area contributed by atoms with Crippen molar-refractivity contribution in [2.45, 2.75) is 92.1 Å². The van der Waals surface area contributed by atoms with E-state index in [1.165, 1.54) is 19.3 Å². The summed E-state index contributed by atoms with van der Waals surface area (Å²) >= 11 is 0. The number of nitrogens with zero attached hydrogens (tertiary/aromatic N) is 2. The van der Waals surface area contributed by atoms with Crippen LogP contribution in [0.15, 0.2) is 12.1 Å². The largest absolute Gasteiger partial charge is 0.507 e. The highest BCUT2D eigenvalue weighted by Gasteiger charge is 2.44. The number of aromatic nitrogens is 1. The number of aryl methyl sites for hydroxylation is 2. The standard InChI is InChI=1S/C28H38N2O3/c1-17-14-18(2)29-24(15-17)30(16-22-10-8-7-9-11-22)27(32)28(6)13-12-23-21(5)25(31)19(3)20(4)26(23)33-28/h14-15,22,31H,7-13,16H2,1-6H3. The first-order valence-electron chi connectivity index (χ1n) is 12.4. The van der Waals surface area contributed by atoms with Gasteiger partial charge in [0, 0.05) is 24.2 Å². The van der Waals surface area contributed by atoms with Gasteiger partial charge in [-0.1, -0.05) is 19.3 Å². The number of anilines is 1. The van der Waals surface area contributed by atoms with Crippen molar-refractivity contribution in [1.82, 2.24) is 4.98 Å². The van der Waals surface area contributed by atoms with Crippen LogP contribution >= 0.6 is 0 Å². The molecule has 1 N–H and O–H groups in total. The molecular formula is C28H38N2O3. The number of ether oxygens (including phenoxy) is 1. The van der Waals surface area contributed by atoms with Gasteiger partial charge in [0.2, 0.25) is 0 Å². The fourth-order valence-electron chi connectivity index (χ4n) is 5.55. The van der Waals surface area contributed by atoms with Gasteiger partial charge in [-0.3, -0.25) is 9.69 Å². The number of carbonyl (C=O) groups is 1. The van der Waals surface area contributed by atoms with E-state index in [1.54, 1.807) is 0 Å². The van der Waals surface area contributed by atoms with Gasteiger partial charge >= 0.3 is 0 Å². The molecule has 2 heterocycles. The maximum Gasteiger partial charge on any atom is 0.272 e. The van der Waals surface area contributed by atoms with Crippen LogP contribution in [0.2, 0.25) is 0 Å². The first-order chi connectivity index (χ1) is 15.6. The minimum absolute atomic E-state index is 0.0148. The maximum absolute atomic E-state index is 14.2. The Labute approximate surface area is 198 Å². The summed E-state index contributed by atoms with van der Waals surface area (Å²) in [6.45, 7) is 12.5. The van der Waals surface area contributed by atoms with E-state index in [1.807, 2.05) is 51.7 Å². The van der Waals surface area contributed by atoms with Crippen LogP contribution in [0, 0.1) is 40.5 Å². The average molecular weight is 451 g/mol. The topological polar surface area (TPSA) is 62.7 Å². The molecule has 33 heavy (non-hydrogen) atoms. The van der Waals surface area contributed by atoms with Crippen molar-refractivity contribution in [1.29, 1.82) is 0 Å². The Kier molecular flexibility index (Phi) is 6.43. The lowest BCUT2D eigenvalue weighted by Gasteiger charge is -2.40. The summed E-state index contributed by atoms with van der Waals surface area (Å²) in [5.41, 5.74) is 4.66. The third kappa shape index (κ3) is 4.47. The second-order valence-electron chi connectivity index (χ2n) is 10.4. The van der Waals surface area contributed by atoms with Crippen molar-refractivity contribution in [3.8, 4) is 11.5 Å². The zero-order chi connectivity index (χ0) is 23.9. The number of pyridine rings is 1. The van der Waals surface area contributed by atoms with E-state index in [2.05, 4.69) is 6.92 Å². The minimum Gasteiger partial charge on any atom is -0.507 e. The van der Waals surface area contributed by atoms with E-state index in [9.17, 15) is 9.90 Å². The van der Waals surface area contributed by atoms with Crippen LogP contribution in [0.3, 0.4) is 0 Å². The molecule has 4 rings (SSSR count). The molecule has 0 bridgehead atoms. The van der Waals surface area contributed by atoms with Gasteiger partial charge in [-0.05, 0) is 101 Å². The summed E-state index contributed by atoms with van der Waals surface area (Å²) in [4.78, 5) is 20.9. The van der Waals surface area contributed by atoms with Gasteiger partial charge in [0.05, 0.1) is 0 Å². The molecule has 1 saturated carbocycles. The molecule has 1 atom stereocenters. The number of hydrogen-bond acceptors (Lipinski definition) is 4. The highest BCUT2D eigenvalue weighted by atomic mass is 16.5. The summed E-state index contributed by atoms with van der Waals surface area (Å²) in [5.74, 6) is 2.31. The quantitative estimate of drug-likeness (QED) is 0.618. The maximum atomic E-state index is 14.2. The number of phenolic OH excluding ortho intramolecular Hbond substituents is 1. The number of phenols is 1. The van der Waals surface area contributed by atoms with Gasteiger partial charge < -0.3 is 9.84 Å². The van der Waals surface area contributed by atoms with E-state index in [0.717, 1.165) is 57.9 Å². The van der Waals surface area contributed by atoms with Gasteiger partial charge in [0.25, 0.3) is 5.91 Å². The van der Waals surface area contributed by atoms with Gasteiger partial charge in [-0.25, -0.2) is 4.98 Å². The van der Waals surface area contributed by atoms with Crippen molar-refractivity contribution in [3.05, 3.63) is 45.6 Å². The molecular weight excluding hydrogens is 412 g/mol. The molecule has 1 amide bonds. The Morgan fingerprint density at radius 1 is 1.09 bits per heavy atom. The molecule has 1 aliphatic heterocycles. The Balaban J connectivity index is 1.71. The summed E-state index contributed by atoms with van der Waals surface area (Å²) < 4.78 is 6.55. The molecule has 1 unspecified atom stereocenters. The molecule has 0 saturated heterocycles. The Morgan fingerprint density at radius 3 is 2.45 bits per heavy atom. The summed E-state index contributed by atoms with van der Waals surface area (Å²) in [6.07, 6.45) is 7.35. The van der Waals surface area contributed by atoms with E-state index >= 15 is 0 Å².